The van der Waals surface area contributed by atoms with Crippen LogP contribution in [0, 0.1) is 0 Å². The molecule has 6 heteroatoms. The number of hydrogen-bond acceptors (Lipinski definition) is 4. The van der Waals surface area contributed by atoms with Gasteiger partial charge in [0.1, 0.15) is 12.0 Å². The summed E-state index contributed by atoms with van der Waals surface area (Å²) in [6.45, 7) is 3.37. The van der Waals surface area contributed by atoms with Crippen LogP contribution >= 0.6 is 0 Å². The van der Waals surface area contributed by atoms with Crippen molar-refractivity contribution in [2.45, 2.75) is 18.4 Å². The molecular weight excluding hydrogens is 336 g/mol. The lowest BCUT2D eigenvalue weighted by atomic mass is 9.72. The van der Waals surface area contributed by atoms with Gasteiger partial charge >= 0.3 is 17.9 Å². The Labute approximate surface area is 150 Å². The molecule has 134 valence electrons. The molecular formula is C20H18O6. The fourth-order valence-electron chi connectivity index (χ4n) is 2.62. The molecule has 26 heavy (non-hydrogen) atoms. The molecule has 2 aromatic carbocycles. The second-order valence-corrected chi connectivity index (χ2v) is 5.68. The number of carboxylic acids is 2. The Hall–Kier alpha value is -3.41. The zero-order valence-electron chi connectivity index (χ0n) is 13.9. The molecule has 0 spiro atoms. The zero-order valence-corrected chi connectivity index (χ0v) is 13.9. The van der Waals surface area contributed by atoms with E-state index in [4.69, 9.17) is 4.74 Å². The summed E-state index contributed by atoms with van der Waals surface area (Å²) in [4.78, 5) is 35.8. The first-order chi connectivity index (χ1) is 12.4. The fraction of sp³-hybridized carbons (Fsp3) is 0.150. The molecule has 6 nitrogen and oxygen atoms in total. The third-order valence-corrected chi connectivity index (χ3v) is 4.06. The molecule has 0 aliphatic heterocycles. The molecule has 2 aromatic rings. The lowest BCUT2D eigenvalue weighted by molar-refractivity contribution is -0.154. The first kappa shape index (κ1) is 18.9. The van der Waals surface area contributed by atoms with E-state index in [0.29, 0.717) is 0 Å². The van der Waals surface area contributed by atoms with Crippen molar-refractivity contribution in [1.29, 1.82) is 0 Å². The minimum Gasteiger partial charge on any atom is -0.480 e. The average molecular weight is 354 g/mol. The molecule has 0 bridgehead atoms. The maximum Gasteiger partial charge on any atom is 0.332 e. The number of carbonyl (C=O) groups is 3. The maximum atomic E-state index is 12.3. The summed E-state index contributed by atoms with van der Waals surface area (Å²) in [5.74, 6) is -3.80. The standard InChI is InChI=1S/C20H18O6/c1-14(18(22)23)20(19(24)25,16-10-6-3-7-11-16)12-17(21)26-13-15-8-4-2-5-9-15/h2-11H,1,12-13H2,(H,22,23)(H,24,25). The van der Waals surface area contributed by atoms with Crippen molar-refractivity contribution >= 4 is 17.9 Å². The van der Waals surface area contributed by atoms with Gasteiger partial charge in [0.25, 0.3) is 0 Å². The van der Waals surface area contributed by atoms with Crippen molar-refractivity contribution in [2.24, 2.45) is 0 Å². The first-order valence-electron chi connectivity index (χ1n) is 7.79. The van der Waals surface area contributed by atoms with Crippen LogP contribution in [0.5, 0.6) is 0 Å². The van der Waals surface area contributed by atoms with E-state index in [1.165, 1.54) is 12.1 Å². The Bertz CT molecular complexity index is 813. The van der Waals surface area contributed by atoms with Gasteiger partial charge in [-0.2, -0.15) is 0 Å². The molecule has 1 unspecified atom stereocenters. The Morgan fingerprint density at radius 1 is 0.923 bits per heavy atom. The van der Waals surface area contributed by atoms with Crippen molar-refractivity contribution < 1.29 is 29.3 Å². The van der Waals surface area contributed by atoms with E-state index in [1.54, 1.807) is 42.5 Å². The number of esters is 1. The summed E-state index contributed by atoms with van der Waals surface area (Å²) in [5.41, 5.74) is -1.83. The van der Waals surface area contributed by atoms with Gasteiger partial charge in [-0.3, -0.25) is 9.59 Å². The van der Waals surface area contributed by atoms with E-state index in [0.717, 1.165) is 5.56 Å². The van der Waals surface area contributed by atoms with Gasteiger partial charge in [0.05, 0.1) is 12.0 Å². The van der Waals surface area contributed by atoms with Crippen LogP contribution in [0.2, 0.25) is 0 Å². The van der Waals surface area contributed by atoms with Gasteiger partial charge in [-0.1, -0.05) is 67.2 Å². The number of rotatable bonds is 8. The van der Waals surface area contributed by atoms with E-state index >= 15 is 0 Å². The van der Waals surface area contributed by atoms with Crippen LogP contribution in [0.3, 0.4) is 0 Å². The van der Waals surface area contributed by atoms with Crippen molar-refractivity contribution in [3.05, 3.63) is 83.9 Å². The Balaban J connectivity index is 2.31. The summed E-state index contributed by atoms with van der Waals surface area (Å²) in [6, 6.07) is 16.6. The van der Waals surface area contributed by atoms with Gasteiger partial charge in [-0.05, 0) is 11.1 Å². The lowest BCUT2D eigenvalue weighted by Crippen LogP contribution is -2.42. The van der Waals surface area contributed by atoms with E-state index in [9.17, 15) is 24.6 Å². The van der Waals surface area contributed by atoms with Crippen LogP contribution in [0.1, 0.15) is 17.5 Å². The topological polar surface area (TPSA) is 101 Å². The summed E-state index contributed by atoms with van der Waals surface area (Å²) < 4.78 is 5.15. The highest BCUT2D eigenvalue weighted by Crippen LogP contribution is 2.36. The number of ether oxygens (including phenoxy) is 1. The highest BCUT2D eigenvalue weighted by molar-refractivity contribution is 6.02. The Morgan fingerprint density at radius 2 is 1.46 bits per heavy atom. The van der Waals surface area contributed by atoms with Crippen molar-refractivity contribution in [1.82, 2.24) is 0 Å². The normalized spacial score (nSPS) is 12.6. The van der Waals surface area contributed by atoms with Gasteiger partial charge in [0, 0.05) is 0 Å². The van der Waals surface area contributed by atoms with Crippen LogP contribution in [-0.2, 0) is 31.1 Å². The summed E-state index contributed by atoms with van der Waals surface area (Å²) in [5, 5.41) is 19.1. The maximum absolute atomic E-state index is 12.3. The minimum absolute atomic E-state index is 0.0380. The van der Waals surface area contributed by atoms with Gasteiger partial charge in [0.2, 0.25) is 0 Å². The average Bonchev–Trinajstić information content (AvgIpc) is 2.65. The summed E-state index contributed by atoms with van der Waals surface area (Å²) >= 11 is 0. The number of carbonyl (C=O) groups excluding carboxylic acids is 1. The Kier molecular flexibility index (Phi) is 5.90. The number of aliphatic carboxylic acids is 2. The summed E-state index contributed by atoms with van der Waals surface area (Å²) in [6.07, 6.45) is -0.676. The SMILES string of the molecule is C=C(C(=O)O)C(CC(=O)OCc1ccccc1)(C(=O)O)c1ccccc1. The fourth-order valence-corrected chi connectivity index (χ4v) is 2.62. The van der Waals surface area contributed by atoms with Gasteiger partial charge < -0.3 is 14.9 Å². The molecule has 0 aliphatic carbocycles. The first-order valence-corrected chi connectivity index (χ1v) is 7.79. The third-order valence-electron chi connectivity index (χ3n) is 4.06. The van der Waals surface area contributed by atoms with Gasteiger partial charge in [-0.15, -0.1) is 0 Å². The predicted octanol–water partition coefficient (Wildman–Crippen LogP) is 2.78. The number of hydrogen-bond donors (Lipinski definition) is 2. The molecule has 0 fully saturated rings. The molecule has 1 atom stereocenters. The predicted molar refractivity (Wildman–Crippen MR) is 93.4 cm³/mol. The lowest BCUT2D eigenvalue weighted by Gasteiger charge is -2.29. The molecule has 0 aliphatic rings. The van der Waals surface area contributed by atoms with Crippen molar-refractivity contribution in [3.63, 3.8) is 0 Å². The third kappa shape index (κ3) is 3.97. The second kappa shape index (κ2) is 8.11. The molecule has 0 saturated heterocycles. The smallest absolute Gasteiger partial charge is 0.332 e. The van der Waals surface area contributed by atoms with Gasteiger partial charge in [-0.25, -0.2) is 4.79 Å². The molecule has 0 heterocycles. The van der Waals surface area contributed by atoms with E-state index in [-0.39, 0.29) is 12.2 Å². The Morgan fingerprint density at radius 3 is 1.96 bits per heavy atom. The monoisotopic (exact) mass is 354 g/mol. The summed E-state index contributed by atoms with van der Waals surface area (Å²) in [7, 11) is 0. The molecule has 0 amide bonds. The molecule has 0 saturated carbocycles. The highest BCUT2D eigenvalue weighted by Gasteiger charge is 2.48. The molecule has 2 N–H and O–H groups in total. The molecule has 2 rings (SSSR count). The number of carboxylic acid groups (broad SMARTS) is 2. The van der Waals surface area contributed by atoms with Crippen LogP contribution in [0.4, 0.5) is 0 Å². The second-order valence-electron chi connectivity index (χ2n) is 5.68. The minimum atomic E-state index is -2.11. The van der Waals surface area contributed by atoms with E-state index in [1.807, 2.05) is 6.07 Å². The zero-order chi connectivity index (χ0) is 19.2. The molecule has 0 aromatic heterocycles. The number of benzene rings is 2. The molecule has 0 radical (unpaired) electrons. The van der Waals surface area contributed by atoms with Crippen LogP contribution in [-0.4, -0.2) is 28.1 Å². The van der Waals surface area contributed by atoms with E-state index in [2.05, 4.69) is 6.58 Å². The van der Waals surface area contributed by atoms with Crippen LogP contribution < -0.4 is 0 Å². The highest BCUT2D eigenvalue weighted by atomic mass is 16.5. The van der Waals surface area contributed by atoms with Crippen molar-refractivity contribution in [2.75, 3.05) is 0 Å². The van der Waals surface area contributed by atoms with Gasteiger partial charge in [0.15, 0.2) is 0 Å². The van der Waals surface area contributed by atoms with Crippen molar-refractivity contribution in [3.8, 4) is 0 Å². The quantitative estimate of drug-likeness (QED) is 0.558. The largest absolute Gasteiger partial charge is 0.480 e. The van der Waals surface area contributed by atoms with E-state index < -0.39 is 35.3 Å². The van der Waals surface area contributed by atoms with Crippen LogP contribution in [0.25, 0.3) is 0 Å². The van der Waals surface area contributed by atoms with Crippen LogP contribution in [0.15, 0.2) is 72.8 Å².